The van der Waals surface area contributed by atoms with Gasteiger partial charge in [-0.3, -0.25) is 0 Å². The Kier molecular flexibility index (Phi) is 7.67. The number of hydrogen-bond donors (Lipinski definition) is 3. The molecule has 1 aromatic heterocycles. The number of nitrogens with one attached hydrogen (secondary N) is 1. The summed E-state index contributed by atoms with van der Waals surface area (Å²) < 4.78 is 5.79. The Morgan fingerprint density at radius 2 is 1.77 bits per heavy atom. The summed E-state index contributed by atoms with van der Waals surface area (Å²) in [6, 6.07) is 8.70. The lowest BCUT2D eigenvalue weighted by molar-refractivity contribution is -0.159. The predicted octanol–water partition coefficient (Wildman–Crippen LogP) is 3.23. The normalized spacial score (nSPS) is 13.7. The number of nitrogens with zero attached hydrogens (tertiary/aromatic N) is 1. The number of aryl methyl sites for hydroxylation is 1. The smallest absolute Gasteiger partial charge is 0.414 e. The molecule has 2 aromatic rings. The average molecular weight is 360 g/mol. The molecule has 3 N–H and O–H groups in total. The van der Waals surface area contributed by atoms with E-state index in [2.05, 4.69) is 34.2 Å². The van der Waals surface area contributed by atoms with Crippen LogP contribution in [0.25, 0.3) is 0 Å². The highest BCUT2D eigenvalue weighted by Crippen LogP contribution is 2.34. The number of H-pyrrole nitrogens is 1. The molecular weight excluding hydrogens is 336 g/mol. The number of benzene rings is 1. The van der Waals surface area contributed by atoms with Crippen LogP contribution < -0.4 is 4.74 Å². The molecule has 7 nitrogen and oxygen atoms in total. The Morgan fingerprint density at radius 3 is 2.31 bits per heavy atom. The van der Waals surface area contributed by atoms with Gasteiger partial charge in [0, 0.05) is 11.9 Å². The second kappa shape index (κ2) is 10.2. The second-order valence-corrected chi connectivity index (χ2v) is 6.19. The van der Waals surface area contributed by atoms with Gasteiger partial charge in [-0.2, -0.15) is 0 Å². The van der Waals surface area contributed by atoms with Crippen molar-refractivity contribution >= 4 is 11.9 Å². The highest BCUT2D eigenvalue weighted by molar-refractivity contribution is 6.27. The molecule has 1 aliphatic carbocycles. The van der Waals surface area contributed by atoms with Gasteiger partial charge in [0.2, 0.25) is 0 Å². The summed E-state index contributed by atoms with van der Waals surface area (Å²) >= 11 is 0. The van der Waals surface area contributed by atoms with Crippen molar-refractivity contribution in [3.05, 3.63) is 48.0 Å². The standard InChI is InChI=1S/C17H22N2O.C2H2O4/c1-2-5-14(4-1)15-7-9-17(10-8-15)20-11-3-6-16-12-18-13-19-16;3-1(4)2(5)6/h7-10,12-14H,1-6,11H2,(H,18,19);(H,3,4)(H,5,6). The maximum absolute atomic E-state index is 9.10. The molecule has 0 atom stereocenters. The first-order valence-corrected chi connectivity index (χ1v) is 8.72. The van der Waals surface area contributed by atoms with E-state index in [1.165, 1.54) is 36.9 Å². The van der Waals surface area contributed by atoms with E-state index in [-0.39, 0.29) is 0 Å². The van der Waals surface area contributed by atoms with Crippen molar-refractivity contribution in [1.29, 1.82) is 0 Å². The van der Waals surface area contributed by atoms with Crippen LogP contribution >= 0.6 is 0 Å². The maximum Gasteiger partial charge on any atom is 0.414 e. The summed E-state index contributed by atoms with van der Waals surface area (Å²) in [6.07, 6.45) is 11.1. The topological polar surface area (TPSA) is 113 Å². The van der Waals surface area contributed by atoms with Crippen LogP contribution in [-0.4, -0.2) is 38.7 Å². The zero-order chi connectivity index (χ0) is 18.8. The van der Waals surface area contributed by atoms with Crippen LogP contribution in [0.5, 0.6) is 5.75 Å². The monoisotopic (exact) mass is 360 g/mol. The van der Waals surface area contributed by atoms with Crippen LogP contribution in [0.3, 0.4) is 0 Å². The minimum absolute atomic E-state index is 0.752. The molecule has 1 saturated carbocycles. The van der Waals surface area contributed by atoms with E-state index >= 15 is 0 Å². The van der Waals surface area contributed by atoms with Crippen molar-refractivity contribution in [3.63, 3.8) is 0 Å². The van der Waals surface area contributed by atoms with Gasteiger partial charge in [0.15, 0.2) is 0 Å². The van der Waals surface area contributed by atoms with Crippen LogP contribution in [0.2, 0.25) is 0 Å². The molecule has 0 unspecified atom stereocenters. The summed E-state index contributed by atoms with van der Waals surface area (Å²) in [5.41, 5.74) is 2.65. The maximum atomic E-state index is 9.10. The number of carboxylic acids is 2. The zero-order valence-electron chi connectivity index (χ0n) is 14.6. The molecule has 0 bridgehead atoms. The fourth-order valence-corrected chi connectivity index (χ4v) is 2.97. The number of aliphatic carboxylic acids is 2. The summed E-state index contributed by atoms with van der Waals surface area (Å²) in [5.74, 6) is -1.88. The number of hydrogen-bond acceptors (Lipinski definition) is 4. The van der Waals surface area contributed by atoms with E-state index in [1.54, 1.807) is 6.33 Å². The Labute approximate surface area is 152 Å². The van der Waals surface area contributed by atoms with Crippen molar-refractivity contribution < 1.29 is 24.5 Å². The molecule has 7 heteroatoms. The molecule has 26 heavy (non-hydrogen) atoms. The van der Waals surface area contributed by atoms with Crippen molar-refractivity contribution in [2.45, 2.75) is 44.4 Å². The highest BCUT2D eigenvalue weighted by Gasteiger charge is 2.16. The molecule has 1 aliphatic rings. The number of carboxylic acid groups (broad SMARTS) is 2. The number of aromatic nitrogens is 2. The van der Waals surface area contributed by atoms with Crippen LogP contribution in [0, 0.1) is 0 Å². The summed E-state index contributed by atoms with van der Waals surface area (Å²) in [5, 5.41) is 14.8. The van der Waals surface area contributed by atoms with E-state index in [0.29, 0.717) is 0 Å². The number of rotatable bonds is 6. The molecule has 0 amide bonds. The number of ether oxygens (including phenoxy) is 1. The SMILES string of the molecule is O=C(O)C(=O)O.c1ncc(CCCOc2ccc(C3CCCC3)cc2)[nH]1. The number of imidazole rings is 1. The third-order valence-electron chi connectivity index (χ3n) is 4.30. The number of carbonyl (C=O) groups is 2. The van der Waals surface area contributed by atoms with Crippen LogP contribution in [-0.2, 0) is 16.0 Å². The average Bonchev–Trinajstić information content (AvgIpc) is 3.33. The van der Waals surface area contributed by atoms with Crippen LogP contribution in [0.15, 0.2) is 36.8 Å². The third kappa shape index (κ3) is 6.58. The van der Waals surface area contributed by atoms with Gasteiger partial charge in [-0.25, -0.2) is 14.6 Å². The van der Waals surface area contributed by atoms with Crippen molar-refractivity contribution in [2.24, 2.45) is 0 Å². The van der Waals surface area contributed by atoms with E-state index in [0.717, 1.165) is 31.1 Å². The molecular formula is C19H24N2O5. The Bertz CT molecular complexity index is 664. The minimum atomic E-state index is -1.82. The summed E-state index contributed by atoms with van der Waals surface area (Å²) in [6.45, 7) is 0.752. The lowest BCUT2D eigenvalue weighted by atomic mass is 9.98. The molecule has 0 radical (unpaired) electrons. The molecule has 1 fully saturated rings. The zero-order valence-corrected chi connectivity index (χ0v) is 14.6. The van der Waals surface area contributed by atoms with Gasteiger partial charge in [0.25, 0.3) is 0 Å². The van der Waals surface area contributed by atoms with Gasteiger partial charge in [-0.1, -0.05) is 25.0 Å². The predicted molar refractivity (Wildman–Crippen MR) is 95.3 cm³/mol. The van der Waals surface area contributed by atoms with Gasteiger partial charge in [0.05, 0.1) is 12.9 Å². The Hall–Kier alpha value is -2.83. The number of aromatic amines is 1. The molecule has 3 rings (SSSR count). The molecule has 0 spiro atoms. The lowest BCUT2D eigenvalue weighted by Gasteiger charge is -2.11. The first-order valence-electron chi connectivity index (χ1n) is 8.72. The summed E-state index contributed by atoms with van der Waals surface area (Å²) in [4.78, 5) is 25.3. The van der Waals surface area contributed by atoms with E-state index in [9.17, 15) is 0 Å². The van der Waals surface area contributed by atoms with Crippen molar-refractivity contribution in [3.8, 4) is 5.75 Å². The lowest BCUT2D eigenvalue weighted by Crippen LogP contribution is -2.09. The summed E-state index contributed by atoms with van der Waals surface area (Å²) in [7, 11) is 0. The largest absolute Gasteiger partial charge is 0.494 e. The molecule has 1 heterocycles. The third-order valence-corrected chi connectivity index (χ3v) is 4.30. The van der Waals surface area contributed by atoms with Gasteiger partial charge < -0.3 is 19.9 Å². The van der Waals surface area contributed by atoms with Gasteiger partial charge in [-0.15, -0.1) is 0 Å². The van der Waals surface area contributed by atoms with Crippen molar-refractivity contribution in [1.82, 2.24) is 9.97 Å². The van der Waals surface area contributed by atoms with Crippen LogP contribution in [0.4, 0.5) is 0 Å². The molecule has 1 aromatic carbocycles. The molecule has 140 valence electrons. The van der Waals surface area contributed by atoms with Crippen molar-refractivity contribution in [2.75, 3.05) is 6.61 Å². The van der Waals surface area contributed by atoms with Gasteiger partial charge in [-0.05, 0) is 49.3 Å². The van der Waals surface area contributed by atoms with Gasteiger partial charge in [0.1, 0.15) is 5.75 Å². The Balaban J connectivity index is 0.000000352. The fourth-order valence-electron chi connectivity index (χ4n) is 2.97. The first-order chi connectivity index (χ1) is 12.6. The quantitative estimate of drug-likeness (QED) is 0.538. The Morgan fingerprint density at radius 1 is 1.12 bits per heavy atom. The highest BCUT2D eigenvalue weighted by atomic mass is 16.5. The molecule has 0 saturated heterocycles. The minimum Gasteiger partial charge on any atom is -0.494 e. The second-order valence-electron chi connectivity index (χ2n) is 6.19. The molecule has 0 aliphatic heterocycles. The van der Waals surface area contributed by atoms with Crippen LogP contribution in [0.1, 0.15) is 49.3 Å². The van der Waals surface area contributed by atoms with E-state index < -0.39 is 11.9 Å². The van der Waals surface area contributed by atoms with Gasteiger partial charge >= 0.3 is 11.9 Å². The van der Waals surface area contributed by atoms with E-state index in [1.807, 2.05) is 6.20 Å². The van der Waals surface area contributed by atoms with E-state index in [4.69, 9.17) is 24.5 Å². The fraction of sp³-hybridized carbons (Fsp3) is 0.421. The first kappa shape index (κ1) is 19.5.